The molecule has 0 aliphatic heterocycles. The Morgan fingerprint density at radius 1 is 0.315 bits per heavy atom. The molecule has 11 aromatic rings. The fraction of sp³-hybridized carbons (Fsp3) is 0. The molecule has 5 nitrogen and oxygen atoms in total. The molecule has 0 spiro atoms. The highest BCUT2D eigenvalue weighted by atomic mass is 15.0. The monoisotopic (exact) mass is 689 g/mol. The van der Waals surface area contributed by atoms with Gasteiger partial charge in [-0.1, -0.05) is 152 Å². The van der Waals surface area contributed by atoms with Gasteiger partial charge in [0.2, 0.25) is 0 Å². The number of rotatable bonds is 5. The van der Waals surface area contributed by atoms with Crippen molar-refractivity contribution in [3.05, 3.63) is 188 Å². The van der Waals surface area contributed by atoms with E-state index in [2.05, 4.69) is 137 Å². The summed E-state index contributed by atoms with van der Waals surface area (Å²) in [7, 11) is 0. The van der Waals surface area contributed by atoms with Crippen molar-refractivity contribution in [2.75, 3.05) is 0 Å². The van der Waals surface area contributed by atoms with Gasteiger partial charge >= 0.3 is 0 Å². The molecule has 0 bridgehead atoms. The van der Waals surface area contributed by atoms with Crippen molar-refractivity contribution < 1.29 is 0 Å². The van der Waals surface area contributed by atoms with Crippen LogP contribution in [0, 0.1) is 0 Å². The molecule has 0 amide bonds. The molecule has 0 unspecified atom stereocenters. The highest BCUT2D eigenvalue weighted by Gasteiger charge is 2.22. The second kappa shape index (κ2) is 12.1. The van der Waals surface area contributed by atoms with Crippen molar-refractivity contribution in [2.24, 2.45) is 0 Å². The van der Waals surface area contributed by atoms with Gasteiger partial charge in [-0.25, -0.2) is 15.0 Å². The van der Waals surface area contributed by atoms with E-state index < -0.39 is 0 Å². The summed E-state index contributed by atoms with van der Waals surface area (Å²) < 4.78 is 4.86. The zero-order valence-corrected chi connectivity index (χ0v) is 29.1. The van der Waals surface area contributed by atoms with Crippen LogP contribution in [0.25, 0.3) is 99.9 Å². The van der Waals surface area contributed by atoms with Crippen LogP contribution in [0.5, 0.6) is 0 Å². The first-order valence-electron chi connectivity index (χ1n) is 18.2. The minimum Gasteiger partial charge on any atom is -0.309 e. The van der Waals surface area contributed by atoms with Crippen LogP contribution in [-0.4, -0.2) is 24.1 Å². The third-order valence-corrected chi connectivity index (χ3v) is 10.6. The standard InChI is InChI=1S/C49H31N5/c1-4-16-32(17-5-1)47-50-48(33-18-6-2-7-19-33)52-49(51-47)39-26-14-25-36-35(39)24-15-29-42(36)54-41-27-12-10-22-37(41)38-30-31-44-45(46(38)54)40-23-11-13-28-43(40)53(44)34-20-8-3-9-21-34/h1-31H. The number of nitrogens with zero attached hydrogens (tertiary/aromatic N) is 5. The average molecular weight is 690 g/mol. The molecular weight excluding hydrogens is 659 g/mol. The molecule has 0 aliphatic carbocycles. The summed E-state index contributed by atoms with van der Waals surface area (Å²) >= 11 is 0. The lowest BCUT2D eigenvalue weighted by Gasteiger charge is -2.15. The van der Waals surface area contributed by atoms with Gasteiger partial charge in [-0.05, 0) is 41.8 Å². The first-order valence-corrected chi connectivity index (χ1v) is 18.2. The smallest absolute Gasteiger partial charge is 0.164 e. The van der Waals surface area contributed by atoms with Crippen LogP contribution in [0.1, 0.15) is 0 Å². The van der Waals surface area contributed by atoms with E-state index in [1.807, 2.05) is 60.7 Å². The molecule has 11 rings (SSSR count). The Kier molecular flexibility index (Phi) is 6.79. The van der Waals surface area contributed by atoms with E-state index in [0.717, 1.165) is 44.4 Å². The fourth-order valence-corrected chi connectivity index (χ4v) is 8.23. The number of para-hydroxylation sites is 3. The molecule has 3 aromatic heterocycles. The molecule has 0 N–H and O–H groups in total. The molecule has 0 fully saturated rings. The van der Waals surface area contributed by atoms with Crippen molar-refractivity contribution >= 4 is 54.4 Å². The quantitative estimate of drug-likeness (QED) is 0.181. The molecule has 5 heteroatoms. The molecule has 3 heterocycles. The van der Waals surface area contributed by atoms with Crippen LogP contribution in [0.4, 0.5) is 0 Å². The van der Waals surface area contributed by atoms with E-state index in [-0.39, 0.29) is 0 Å². The van der Waals surface area contributed by atoms with Gasteiger partial charge in [0.05, 0.1) is 27.8 Å². The van der Waals surface area contributed by atoms with Crippen LogP contribution in [0.3, 0.4) is 0 Å². The topological polar surface area (TPSA) is 48.5 Å². The van der Waals surface area contributed by atoms with E-state index in [1.165, 1.54) is 38.1 Å². The van der Waals surface area contributed by atoms with Crippen molar-refractivity contribution in [1.29, 1.82) is 0 Å². The van der Waals surface area contributed by atoms with Gasteiger partial charge in [-0.15, -0.1) is 0 Å². The third-order valence-electron chi connectivity index (χ3n) is 10.6. The lowest BCUT2D eigenvalue weighted by Crippen LogP contribution is -2.01. The van der Waals surface area contributed by atoms with Gasteiger partial charge in [0.15, 0.2) is 17.5 Å². The summed E-state index contributed by atoms with van der Waals surface area (Å²) in [6.45, 7) is 0. The van der Waals surface area contributed by atoms with Crippen LogP contribution in [0.15, 0.2) is 188 Å². The Bertz CT molecular complexity index is 3140. The summed E-state index contributed by atoms with van der Waals surface area (Å²) in [4.78, 5) is 15.2. The summed E-state index contributed by atoms with van der Waals surface area (Å²) in [6, 6.07) is 66.1. The first kappa shape index (κ1) is 30.3. The Hall–Kier alpha value is -7.37. The normalized spacial score (nSPS) is 11.7. The molecule has 0 radical (unpaired) electrons. The summed E-state index contributed by atoms with van der Waals surface area (Å²) in [5.74, 6) is 1.93. The Morgan fingerprint density at radius 3 is 1.56 bits per heavy atom. The predicted octanol–water partition coefficient (Wildman–Crippen LogP) is 12.2. The van der Waals surface area contributed by atoms with Crippen molar-refractivity contribution in [3.63, 3.8) is 0 Å². The third kappa shape index (κ3) is 4.62. The van der Waals surface area contributed by atoms with E-state index in [9.17, 15) is 0 Å². The summed E-state index contributed by atoms with van der Waals surface area (Å²) in [5.41, 5.74) is 9.80. The number of aromatic nitrogens is 5. The predicted molar refractivity (Wildman–Crippen MR) is 222 cm³/mol. The zero-order valence-electron chi connectivity index (χ0n) is 29.1. The Labute approximate surface area is 311 Å². The fourth-order valence-electron chi connectivity index (χ4n) is 8.23. The van der Waals surface area contributed by atoms with E-state index in [0.29, 0.717) is 17.5 Å². The lowest BCUT2D eigenvalue weighted by atomic mass is 10.0. The van der Waals surface area contributed by atoms with Gasteiger partial charge in [0, 0.05) is 49.3 Å². The van der Waals surface area contributed by atoms with Crippen LogP contribution in [-0.2, 0) is 0 Å². The van der Waals surface area contributed by atoms with Gasteiger partial charge < -0.3 is 9.13 Å². The molecule has 0 atom stereocenters. The van der Waals surface area contributed by atoms with Crippen LogP contribution >= 0.6 is 0 Å². The van der Waals surface area contributed by atoms with E-state index in [4.69, 9.17) is 15.0 Å². The first-order chi connectivity index (χ1) is 26.8. The molecule has 8 aromatic carbocycles. The Balaban J connectivity index is 1.22. The number of hydrogen-bond donors (Lipinski definition) is 0. The molecule has 0 saturated carbocycles. The van der Waals surface area contributed by atoms with Gasteiger partial charge in [0.25, 0.3) is 0 Å². The molecule has 54 heavy (non-hydrogen) atoms. The van der Waals surface area contributed by atoms with Crippen molar-refractivity contribution in [1.82, 2.24) is 24.1 Å². The molecule has 0 aliphatic rings. The highest BCUT2D eigenvalue weighted by molar-refractivity contribution is 6.26. The van der Waals surface area contributed by atoms with Crippen LogP contribution < -0.4 is 0 Å². The molecule has 0 saturated heterocycles. The largest absolute Gasteiger partial charge is 0.309 e. The maximum Gasteiger partial charge on any atom is 0.164 e. The summed E-state index contributed by atoms with van der Waals surface area (Å²) in [5, 5.41) is 7.08. The average Bonchev–Trinajstić information content (AvgIpc) is 3.77. The van der Waals surface area contributed by atoms with E-state index in [1.54, 1.807) is 0 Å². The minimum absolute atomic E-state index is 0.640. The minimum atomic E-state index is 0.640. The maximum absolute atomic E-state index is 5.12. The van der Waals surface area contributed by atoms with Crippen molar-refractivity contribution in [3.8, 4) is 45.5 Å². The van der Waals surface area contributed by atoms with Gasteiger partial charge in [-0.2, -0.15) is 0 Å². The molecule has 252 valence electrons. The van der Waals surface area contributed by atoms with Crippen molar-refractivity contribution in [2.45, 2.75) is 0 Å². The van der Waals surface area contributed by atoms with E-state index >= 15 is 0 Å². The van der Waals surface area contributed by atoms with Gasteiger partial charge in [-0.3, -0.25) is 0 Å². The lowest BCUT2D eigenvalue weighted by molar-refractivity contribution is 1.08. The summed E-state index contributed by atoms with van der Waals surface area (Å²) in [6.07, 6.45) is 0. The maximum atomic E-state index is 5.12. The second-order valence-corrected chi connectivity index (χ2v) is 13.6. The van der Waals surface area contributed by atoms with Gasteiger partial charge in [0.1, 0.15) is 0 Å². The SMILES string of the molecule is c1ccc(-c2nc(-c3ccccc3)nc(-c3cccc4c(-n5c6ccccc6c6ccc7c(c8ccccc8n7-c7ccccc7)c65)cccc34)n2)cc1. The van der Waals surface area contributed by atoms with Crippen LogP contribution in [0.2, 0.25) is 0 Å². The number of benzene rings is 8. The zero-order chi connectivity index (χ0) is 35.6. The highest BCUT2D eigenvalue weighted by Crippen LogP contribution is 2.43. The molecular formula is C49H31N5. The Morgan fingerprint density at radius 2 is 0.852 bits per heavy atom. The number of fused-ring (bicyclic) bond motifs is 8. The number of hydrogen-bond acceptors (Lipinski definition) is 3. The second-order valence-electron chi connectivity index (χ2n) is 13.6.